The highest BCUT2D eigenvalue weighted by atomic mass is 127. The first-order valence-corrected chi connectivity index (χ1v) is 11.8. The molecule has 0 amide bonds. The molecule has 1 heterocycles. The number of nitrogens with one attached hydrogen (secondary N) is 2. The van der Waals surface area contributed by atoms with Crippen LogP contribution in [-0.4, -0.2) is 71.5 Å². The summed E-state index contributed by atoms with van der Waals surface area (Å²) in [7, 11) is -1.45. The van der Waals surface area contributed by atoms with Crippen LogP contribution in [0.3, 0.4) is 0 Å². The monoisotopic (exact) mass is 538 g/mol. The molecule has 0 saturated carbocycles. The van der Waals surface area contributed by atoms with Gasteiger partial charge in [0.15, 0.2) is 15.8 Å². The molecule has 1 unspecified atom stereocenters. The van der Waals surface area contributed by atoms with E-state index in [4.69, 9.17) is 4.74 Å². The Labute approximate surface area is 192 Å². The largest absolute Gasteiger partial charge is 0.383 e. The Morgan fingerprint density at radius 1 is 1.34 bits per heavy atom. The van der Waals surface area contributed by atoms with Crippen LogP contribution in [-0.2, 0) is 21.1 Å². The van der Waals surface area contributed by atoms with Gasteiger partial charge in [-0.2, -0.15) is 0 Å². The molecule has 7 nitrogen and oxygen atoms in total. The zero-order chi connectivity index (χ0) is 20.6. The number of guanidine groups is 1. The molecule has 1 aromatic rings. The number of hydrogen-bond donors (Lipinski definition) is 2. The molecule has 29 heavy (non-hydrogen) atoms. The summed E-state index contributed by atoms with van der Waals surface area (Å²) in [5.41, 5.74) is 1.75. The van der Waals surface area contributed by atoms with Gasteiger partial charge >= 0.3 is 0 Å². The summed E-state index contributed by atoms with van der Waals surface area (Å²) in [5.74, 6) is 0.783. The van der Waals surface area contributed by atoms with Crippen LogP contribution >= 0.6 is 24.0 Å². The highest BCUT2D eigenvalue weighted by Crippen LogP contribution is 2.17. The number of sulfone groups is 1. The number of methoxy groups -OCH3 is 1. The molecule has 1 aliphatic heterocycles. The number of ether oxygens (including phenoxy) is 1. The zero-order valence-electron chi connectivity index (χ0n) is 17.9. The third-order valence-electron chi connectivity index (χ3n) is 4.99. The normalized spacial score (nSPS) is 17.8. The summed E-state index contributed by atoms with van der Waals surface area (Å²) in [4.78, 5) is 7.51. The fourth-order valence-corrected chi connectivity index (χ4v) is 4.54. The summed E-state index contributed by atoms with van der Waals surface area (Å²) in [6.45, 7) is 8.84. The van der Waals surface area contributed by atoms with Gasteiger partial charge in [-0.3, -0.25) is 4.90 Å². The second-order valence-electron chi connectivity index (χ2n) is 7.27. The van der Waals surface area contributed by atoms with Crippen molar-refractivity contribution in [2.75, 3.05) is 46.2 Å². The summed E-state index contributed by atoms with van der Waals surface area (Å²) < 4.78 is 28.7. The van der Waals surface area contributed by atoms with E-state index in [9.17, 15) is 8.42 Å². The van der Waals surface area contributed by atoms with E-state index < -0.39 is 9.84 Å². The zero-order valence-corrected chi connectivity index (χ0v) is 21.0. The average molecular weight is 538 g/mol. The smallest absolute Gasteiger partial charge is 0.191 e. The van der Waals surface area contributed by atoms with Gasteiger partial charge in [0.1, 0.15) is 0 Å². The van der Waals surface area contributed by atoms with Crippen LogP contribution in [0.5, 0.6) is 0 Å². The second-order valence-corrected chi connectivity index (χ2v) is 9.26. The minimum Gasteiger partial charge on any atom is -0.383 e. The van der Waals surface area contributed by atoms with Crippen LogP contribution in [0.4, 0.5) is 0 Å². The number of aliphatic imine (C=N–C) groups is 1. The van der Waals surface area contributed by atoms with Gasteiger partial charge in [-0.15, -0.1) is 24.0 Å². The van der Waals surface area contributed by atoms with E-state index in [0.717, 1.165) is 49.9 Å². The van der Waals surface area contributed by atoms with Crippen molar-refractivity contribution in [3.63, 3.8) is 0 Å². The van der Waals surface area contributed by atoms with Gasteiger partial charge < -0.3 is 15.4 Å². The molecular formula is C20H35IN4O3S. The number of aryl methyl sites for hydroxylation is 1. The molecule has 1 aromatic carbocycles. The molecule has 166 valence electrons. The van der Waals surface area contributed by atoms with E-state index in [0.29, 0.717) is 17.5 Å². The Morgan fingerprint density at radius 3 is 2.72 bits per heavy atom. The lowest BCUT2D eigenvalue weighted by atomic mass is 10.1. The van der Waals surface area contributed by atoms with E-state index in [-0.39, 0.29) is 24.0 Å². The molecule has 2 N–H and O–H groups in total. The molecule has 0 aliphatic carbocycles. The van der Waals surface area contributed by atoms with Crippen molar-refractivity contribution < 1.29 is 13.2 Å². The third-order valence-corrected chi connectivity index (χ3v) is 6.25. The lowest BCUT2D eigenvalue weighted by Crippen LogP contribution is -2.45. The number of nitrogens with zero attached hydrogens (tertiary/aromatic N) is 2. The molecule has 1 aliphatic rings. The Bertz CT molecular complexity index is 771. The number of halogens is 1. The van der Waals surface area contributed by atoms with E-state index >= 15 is 0 Å². The first-order chi connectivity index (χ1) is 13.3. The maximum atomic E-state index is 11.8. The third kappa shape index (κ3) is 8.39. The Kier molecular flexibility index (Phi) is 11.4. The van der Waals surface area contributed by atoms with Gasteiger partial charge in [0.05, 0.1) is 18.0 Å². The van der Waals surface area contributed by atoms with Gasteiger partial charge in [0.2, 0.25) is 0 Å². The van der Waals surface area contributed by atoms with Gasteiger partial charge in [-0.05, 0) is 50.4 Å². The predicted molar refractivity (Wildman–Crippen MR) is 129 cm³/mol. The maximum absolute atomic E-state index is 11.8. The topological polar surface area (TPSA) is 83.0 Å². The minimum absolute atomic E-state index is 0. The quantitative estimate of drug-likeness (QED) is 0.285. The number of rotatable bonds is 9. The summed E-state index contributed by atoms with van der Waals surface area (Å²) in [6, 6.07) is 5.89. The van der Waals surface area contributed by atoms with E-state index in [1.165, 1.54) is 19.1 Å². The molecule has 0 spiro atoms. The fourth-order valence-electron chi connectivity index (χ4n) is 3.58. The Balaban J connectivity index is 0.00000420. The van der Waals surface area contributed by atoms with Gasteiger partial charge in [0, 0.05) is 39.0 Å². The molecular weight excluding hydrogens is 503 g/mol. The van der Waals surface area contributed by atoms with Crippen LogP contribution in [0.25, 0.3) is 0 Å². The standard InChI is InChI=1S/C20H34N4O3S.HI/c1-5-21-20(23-15-18-7-6-10-24(18)11-12-27-3)22-14-17-8-9-19(16(2)13-17)28(4,25)26;/h8-9,13,18H,5-7,10-12,14-15H2,1-4H3,(H2,21,22,23);1H. The number of likely N-dealkylation sites (tertiary alicyclic amines) is 1. The number of hydrogen-bond acceptors (Lipinski definition) is 5. The molecule has 1 atom stereocenters. The van der Waals surface area contributed by atoms with Gasteiger partial charge in [-0.25, -0.2) is 13.4 Å². The van der Waals surface area contributed by atoms with Crippen molar-refractivity contribution in [3.05, 3.63) is 29.3 Å². The van der Waals surface area contributed by atoms with E-state index in [2.05, 4.69) is 20.5 Å². The first-order valence-electron chi connectivity index (χ1n) is 9.90. The van der Waals surface area contributed by atoms with Crippen LogP contribution < -0.4 is 10.6 Å². The summed E-state index contributed by atoms with van der Waals surface area (Å²) >= 11 is 0. The van der Waals surface area contributed by atoms with Gasteiger partial charge in [0.25, 0.3) is 0 Å². The number of benzene rings is 1. The molecule has 0 aromatic heterocycles. The average Bonchev–Trinajstić information content (AvgIpc) is 3.08. The molecule has 1 saturated heterocycles. The highest BCUT2D eigenvalue weighted by Gasteiger charge is 2.23. The molecule has 0 bridgehead atoms. The van der Waals surface area contributed by atoms with Crippen molar-refractivity contribution in [2.24, 2.45) is 4.99 Å². The first kappa shape index (κ1) is 26.1. The van der Waals surface area contributed by atoms with Crippen LogP contribution in [0, 0.1) is 6.92 Å². The van der Waals surface area contributed by atoms with Crippen molar-refractivity contribution >= 4 is 39.8 Å². The fraction of sp³-hybridized carbons (Fsp3) is 0.650. The van der Waals surface area contributed by atoms with Crippen LogP contribution in [0.2, 0.25) is 0 Å². The lowest BCUT2D eigenvalue weighted by molar-refractivity contribution is 0.141. The summed E-state index contributed by atoms with van der Waals surface area (Å²) in [6.07, 6.45) is 3.64. The summed E-state index contributed by atoms with van der Waals surface area (Å²) in [5, 5.41) is 6.73. The molecule has 1 fully saturated rings. The van der Waals surface area contributed by atoms with Crippen molar-refractivity contribution in [2.45, 2.75) is 44.2 Å². The van der Waals surface area contributed by atoms with E-state index in [1.807, 2.05) is 26.0 Å². The second kappa shape index (κ2) is 12.7. The Morgan fingerprint density at radius 2 is 2.10 bits per heavy atom. The maximum Gasteiger partial charge on any atom is 0.191 e. The predicted octanol–water partition coefficient (Wildman–Crippen LogP) is 2.18. The minimum atomic E-state index is -3.19. The van der Waals surface area contributed by atoms with Crippen molar-refractivity contribution in [1.82, 2.24) is 15.5 Å². The van der Waals surface area contributed by atoms with E-state index in [1.54, 1.807) is 13.2 Å². The lowest BCUT2D eigenvalue weighted by Gasteiger charge is -2.25. The van der Waals surface area contributed by atoms with Crippen LogP contribution in [0.1, 0.15) is 30.9 Å². The molecule has 9 heteroatoms. The van der Waals surface area contributed by atoms with Crippen molar-refractivity contribution in [1.29, 1.82) is 0 Å². The van der Waals surface area contributed by atoms with Gasteiger partial charge in [-0.1, -0.05) is 12.1 Å². The van der Waals surface area contributed by atoms with Crippen molar-refractivity contribution in [3.8, 4) is 0 Å². The Hall–Kier alpha value is -0.910. The molecule has 0 radical (unpaired) electrons. The van der Waals surface area contributed by atoms with Crippen LogP contribution in [0.15, 0.2) is 28.1 Å². The SMILES string of the molecule is CCNC(=NCc1ccc(S(C)(=O)=O)c(C)c1)NCC1CCCN1CCOC.I. The molecule has 2 rings (SSSR count). The highest BCUT2D eigenvalue weighted by molar-refractivity contribution is 14.0.